The molecule has 0 aliphatic heterocycles. The molecule has 4 N–H and O–H groups in total. The number of hydrogen-bond acceptors (Lipinski definition) is 4. The Morgan fingerprint density at radius 1 is 1.38 bits per heavy atom. The van der Waals surface area contributed by atoms with E-state index in [0.29, 0.717) is 5.69 Å². The number of amides is 1. The normalized spacial score (nSPS) is 9.81. The maximum absolute atomic E-state index is 10.6. The number of unbranched alkanes of at least 4 members (excludes halogenated alkanes) is 1. The summed E-state index contributed by atoms with van der Waals surface area (Å²) in [4.78, 5) is 14.7. The van der Waals surface area contributed by atoms with E-state index < -0.39 is 0 Å². The Morgan fingerprint density at radius 2 is 2.12 bits per heavy atom. The molecule has 1 rings (SSSR count). The fourth-order valence-corrected chi connectivity index (χ4v) is 1.24. The van der Waals surface area contributed by atoms with Gasteiger partial charge in [-0.05, 0) is 25.0 Å². The summed E-state index contributed by atoms with van der Waals surface area (Å²) in [5, 5.41) is 5.93. The van der Waals surface area contributed by atoms with Gasteiger partial charge in [-0.15, -0.1) is 0 Å². The lowest BCUT2D eigenvalue weighted by molar-refractivity contribution is -0.118. The summed E-state index contributed by atoms with van der Waals surface area (Å²) in [5.41, 5.74) is 6.18. The van der Waals surface area contributed by atoms with Crippen molar-refractivity contribution in [3.8, 4) is 0 Å². The number of carbonyl (C=O) groups is 1. The molecule has 0 aliphatic carbocycles. The van der Waals surface area contributed by atoms with E-state index in [9.17, 15) is 4.79 Å². The van der Waals surface area contributed by atoms with Crippen molar-refractivity contribution in [2.24, 2.45) is 0 Å². The van der Waals surface area contributed by atoms with Gasteiger partial charge in [-0.2, -0.15) is 0 Å². The molecule has 0 radical (unpaired) electrons. The van der Waals surface area contributed by atoms with E-state index in [1.807, 2.05) is 12.1 Å². The second-order valence-corrected chi connectivity index (χ2v) is 3.59. The van der Waals surface area contributed by atoms with Crippen LogP contribution in [0.25, 0.3) is 0 Å². The molecule has 0 saturated heterocycles. The van der Waals surface area contributed by atoms with Crippen molar-refractivity contribution in [2.75, 3.05) is 24.1 Å². The zero-order valence-electron chi connectivity index (χ0n) is 9.49. The Labute approximate surface area is 95.4 Å². The first-order chi connectivity index (χ1) is 7.68. The standard InChI is InChI=1S/C11H18N4O/c1-9(16)13-6-2-3-7-14-11-5-4-10(12)8-15-11/h4-5,8H,2-3,6-7,12H2,1H3,(H,13,16)(H,14,15). The Bertz CT molecular complexity index is 323. The number of rotatable bonds is 6. The van der Waals surface area contributed by atoms with Gasteiger partial charge in [0.15, 0.2) is 0 Å². The van der Waals surface area contributed by atoms with Crippen molar-refractivity contribution < 1.29 is 4.79 Å². The molecule has 0 saturated carbocycles. The number of carbonyl (C=O) groups excluding carboxylic acids is 1. The molecule has 5 heteroatoms. The summed E-state index contributed by atoms with van der Waals surface area (Å²) >= 11 is 0. The number of nitrogens with zero attached hydrogens (tertiary/aromatic N) is 1. The average molecular weight is 222 g/mol. The van der Waals surface area contributed by atoms with Gasteiger partial charge in [0.1, 0.15) is 5.82 Å². The van der Waals surface area contributed by atoms with Gasteiger partial charge in [-0.1, -0.05) is 0 Å². The van der Waals surface area contributed by atoms with Crippen LogP contribution in [0.5, 0.6) is 0 Å². The molecule has 16 heavy (non-hydrogen) atoms. The third kappa shape index (κ3) is 5.19. The summed E-state index contributed by atoms with van der Waals surface area (Å²) in [6.07, 6.45) is 3.58. The molecule has 1 heterocycles. The van der Waals surface area contributed by atoms with E-state index >= 15 is 0 Å². The first kappa shape index (κ1) is 12.3. The zero-order chi connectivity index (χ0) is 11.8. The molecule has 1 amide bonds. The highest BCUT2D eigenvalue weighted by atomic mass is 16.1. The molecular formula is C11H18N4O. The molecule has 0 bridgehead atoms. The minimum atomic E-state index is 0.0214. The van der Waals surface area contributed by atoms with Gasteiger partial charge in [-0.25, -0.2) is 4.98 Å². The van der Waals surface area contributed by atoms with Crippen LogP contribution >= 0.6 is 0 Å². The minimum Gasteiger partial charge on any atom is -0.397 e. The number of anilines is 2. The van der Waals surface area contributed by atoms with E-state index in [4.69, 9.17) is 5.73 Å². The van der Waals surface area contributed by atoms with Gasteiger partial charge in [0, 0.05) is 20.0 Å². The van der Waals surface area contributed by atoms with Gasteiger partial charge >= 0.3 is 0 Å². The molecule has 0 fully saturated rings. The fraction of sp³-hybridized carbons (Fsp3) is 0.455. The van der Waals surface area contributed by atoms with Gasteiger partial charge in [-0.3, -0.25) is 4.79 Å². The first-order valence-corrected chi connectivity index (χ1v) is 5.38. The number of hydrogen-bond donors (Lipinski definition) is 3. The first-order valence-electron chi connectivity index (χ1n) is 5.38. The number of nitrogens with one attached hydrogen (secondary N) is 2. The number of nitrogens with two attached hydrogens (primary N) is 1. The maximum Gasteiger partial charge on any atom is 0.216 e. The van der Waals surface area contributed by atoms with Crippen molar-refractivity contribution in [2.45, 2.75) is 19.8 Å². The molecule has 5 nitrogen and oxygen atoms in total. The molecule has 0 atom stereocenters. The highest BCUT2D eigenvalue weighted by molar-refractivity contribution is 5.72. The summed E-state index contributed by atoms with van der Waals surface area (Å²) in [6, 6.07) is 3.66. The van der Waals surface area contributed by atoms with Crippen LogP contribution in [0.4, 0.5) is 11.5 Å². The monoisotopic (exact) mass is 222 g/mol. The molecule has 0 unspecified atom stereocenters. The van der Waals surface area contributed by atoms with Crippen LogP contribution in [0.3, 0.4) is 0 Å². The number of nitrogen functional groups attached to an aromatic ring is 1. The third-order valence-corrected chi connectivity index (χ3v) is 2.07. The van der Waals surface area contributed by atoms with Gasteiger partial charge in [0.25, 0.3) is 0 Å². The van der Waals surface area contributed by atoms with Crippen LogP contribution in [0.2, 0.25) is 0 Å². The summed E-state index contributed by atoms with van der Waals surface area (Å²) in [6.45, 7) is 3.10. The van der Waals surface area contributed by atoms with Gasteiger partial charge in [0.2, 0.25) is 5.91 Å². The van der Waals surface area contributed by atoms with Crippen molar-refractivity contribution in [3.05, 3.63) is 18.3 Å². The summed E-state index contributed by atoms with van der Waals surface area (Å²) in [5.74, 6) is 0.849. The molecule has 1 aromatic rings. The number of aromatic nitrogens is 1. The second kappa shape index (κ2) is 6.66. The minimum absolute atomic E-state index is 0.0214. The molecular weight excluding hydrogens is 204 g/mol. The van der Waals surface area contributed by atoms with E-state index in [2.05, 4.69) is 15.6 Å². The lowest BCUT2D eigenvalue weighted by Gasteiger charge is -2.05. The smallest absolute Gasteiger partial charge is 0.216 e. The highest BCUT2D eigenvalue weighted by Gasteiger charge is 1.94. The van der Waals surface area contributed by atoms with E-state index in [1.54, 1.807) is 6.20 Å². The van der Waals surface area contributed by atoms with E-state index in [1.165, 1.54) is 6.92 Å². The van der Waals surface area contributed by atoms with E-state index in [-0.39, 0.29) is 5.91 Å². The van der Waals surface area contributed by atoms with Gasteiger partial charge < -0.3 is 16.4 Å². The van der Waals surface area contributed by atoms with Crippen LogP contribution in [0, 0.1) is 0 Å². The second-order valence-electron chi connectivity index (χ2n) is 3.59. The van der Waals surface area contributed by atoms with Crippen molar-refractivity contribution >= 4 is 17.4 Å². The molecule has 88 valence electrons. The fourth-order valence-electron chi connectivity index (χ4n) is 1.24. The van der Waals surface area contributed by atoms with Crippen molar-refractivity contribution in [3.63, 3.8) is 0 Å². The Balaban J connectivity index is 2.07. The van der Waals surface area contributed by atoms with Crippen molar-refractivity contribution in [1.82, 2.24) is 10.3 Å². The number of pyridine rings is 1. The van der Waals surface area contributed by atoms with Gasteiger partial charge in [0.05, 0.1) is 11.9 Å². The lowest BCUT2D eigenvalue weighted by Crippen LogP contribution is -2.21. The molecule has 1 aromatic heterocycles. The molecule has 0 spiro atoms. The van der Waals surface area contributed by atoms with Crippen LogP contribution in [0.1, 0.15) is 19.8 Å². The van der Waals surface area contributed by atoms with Crippen LogP contribution in [0.15, 0.2) is 18.3 Å². The molecule has 0 aromatic carbocycles. The molecule has 0 aliphatic rings. The quantitative estimate of drug-likeness (QED) is 0.627. The van der Waals surface area contributed by atoms with E-state index in [0.717, 1.165) is 31.7 Å². The van der Waals surface area contributed by atoms with Crippen molar-refractivity contribution in [1.29, 1.82) is 0 Å². The predicted molar refractivity (Wildman–Crippen MR) is 65.1 cm³/mol. The Hall–Kier alpha value is -1.78. The largest absolute Gasteiger partial charge is 0.397 e. The Morgan fingerprint density at radius 3 is 2.75 bits per heavy atom. The maximum atomic E-state index is 10.6. The third-order valence-electron chi connectivity index (χ3n) is 2.07. The topological polar surface area (TPSA) is 80.0 Å². The van der Waals surface area contributed by atoms with Crippen LogP contribution < -0.4 is 16.4 Å². The summed E-state index contributed by atoms with van der Waals surface area (Å²) in [7, 11) is 0. The SMILES string of the molecule is CC(=O)NCCCCNc1ccc(N)cn1. The predicted octanol–water partition coefficient (Wildman–Crippen LogP) is 0.992. The Kier molecular flexibility index (Phi) is 5.11. The lowest BCUT2D eigenvalue weighted by atomic mass is 10.3. The highest BCUT2D eigenvalue weighted by Crippen LogP contribution is 2.05. The average Bonchev–Trinajstić information content (AvgIpc) is 2.25. The van der Waals surface area contributed by atoms with Crippen LogP contribution in [-0.2, 0) is 4.79 Å². The summed E-state index contributed by atoms with van der Waals surface area (Å²) < 4.78 is 0. The zero-order valence-corrected chi connectivity index (χ0v) is 9.49. The van der Waals surface area contributed by atoms with Crippen LogP contribution in [-0.4, -0.2) is 24.0 Å².